The van der Waals surface area contributed by atoms with E-state index in [4.69, 9.17) is 9.94 Å². The zero-order chi connectivity index (χ0) is 23.9. The van der Waals surface area contributed by atoms with Crippen LogP contribution in [0.3, 0.4) is 0 Å². The number of aliphatic carboxylic acids is 1. The van der Waals surface area contributed by atoms with Crippen LogP contribution in [-0.2, 0) is 16.2 Å². The highest BCUT2D eigenvalue weighted by Gasteiger charge is 2.09. The Balaban J connectivity index is 0.00000249. The largest absolute Gasteiger partial charge is 0.481 e. The number of thioether (sulfide) groups is 1. The Morgan fingerprint density at radius 3 is 2.34 bits per heavy atom. The van der Waals surface area contributed by atoms with E-state index in [9.17, 15) is 9.59 Å². The molecule has 0 atom stereocenters. The predicted octanol–water partition coefficient (Wildman–Crippen LogP) is 1.89. The minimum atomic E-state index is -0.912. The second-order valence-electron chi connectivity index (χ2n) is 6.15. The van der Waals surface area contributed by atoms with Crippen LogP contribution in [0, 0.1) is 0 Å². The topological polar surface area (TPSA) is 129 Å². The third kappa shape index (κ3) is 9.06. The number of benzene rings is 2. The third-order valence-corrected chi connectivity index (χ3v) is 4.84. The fourth-order valence-electron chi connectivity index (χ4n) is 2.66. The van der Waals surface area contributed by atoms with Gasteiger partial charge in [0.2, 0.25) is 0 Å². The first-order chi connectivity index (χ1) is 15.5. The molecule has 2 aromatic carbocycles. The third-order valence-electron chi connectivity index (χ3n) is 3.95. The van der Waals surface area contributed by atoms with Crippen molar-refractivity contribution in [3.63, 3.8) is 0 Å². The van der Waals surface area contributed by atoms with Crippen LogP contribution in [0.1, 0.15) is 29.8 Å². The number of hydrogen-bond donors (Lipinski definition) is 5. The molecule has 0 saturated heterocycles. The van der Waals surface area contributed by atoms with E-state index in [2.05, 4.69) is 21.2 Å². The van der Waals surface area contributed by atoms with Crippen LogP contribution >= 0.6 is 11.8 Å². The van der Waals surface area contributed by atoms with E-state index >= 15 is 0 Å². The molecule has 9 nitrogen and oxygen atoms in total. The van der Waals surface area contributed by atoms with Gasteiger partial charge in [0.1, 0.15) is 0 Å². The van der Waals surface area contributed by atoms with Crippen LogP contribution in [-0.4, -0.2) is 49.1 Å². The molecule has 0 spiro atoms. The summed E-state index contributed by atoms with van der Waals surface area (Å²) in [5.41, 5.74) is 11.5. The molecule has 32 heavy (non-hydrogen) atoms. The first kappa shape index (κ1) is 27.1. The van der Waals surface area contributed by atoms with Gasteiger partial charge in [-0.3, -0.25) is 14.6 Å². The molecule has 0 radical (unpaired) electrons. The number of amidine groups is 1. The highest BCUT2D eigenvalue weighted by atomic mass is 32.2. The number of carboxylic acids is 1. The van der Waals surface area contributed by atoms with Gasteiger partial charge in [0.25, 0.3) is 5.91 Å². The van der Waals surface area contributed by atoms with Gasteiger partial charge in [-0.05, 0) is 34.9 Å². The molecule has 2 aromatic rings. The van der Waals surface area contributed by atoms with E-state index in [0.717, 1.165) is 34.1 Å². The van der Waals surface area contributed by atoms with Crippen molar-refractivity contribution in [2.75, 3.05) is 27.0 Å². The van der Waals surface area contributed by atoms with Crippen molar-refractivity contribution in [3.8, 4) is 11.1 Å². The van der Waals surface area contributed by atoms with Gasteiger partial charge in [0, 0.05) is 31.8 Å². The zero-order valence-electron chi connectivity index (χ0n) is 19.1. The number of carbonyl (C=O) groups is 2. The van der Waals surface area contributed by atoms with E-state index in [1.165, 1.54) is 0 Å². The van der Waals surface area contributed by atoms with Crippen LogP contribution in [0.5, 0.6) is 0 Å². The van der Waals surface area contributed by atoms with Crippen LogP contribution < -0.4 is 21.6 Å². The van der Waals surface area contributed by atoms with Gasteiger partial charge < -0.3 is 15.8 Å². The maximum atomic E-state index is 11.8. The molecule has 2 rings (SSSR count). The lowest BCUT2D eigenvalue weighted by molar-refractivity contribution is -0.830. The first-order valence-electron chi connectivity index (χ1n) is 10.1. The van der Waals surface area contributed by atoms with Gasteiger partial charge >= 0.3 is 5.97 Å². The lowest BCUT2D eigenvalue weighted by Gasteiger charge is -2.09. The van der Waals surface area contributed by atoms with Gasteiger partial charge in [-0.2, -0.15) is 5.48 Å². The van der Waals surface area contributed by atoms with Crippen molar-refractivity contribution in [1.82, 2.24) is 16.2 Å². The maximum Gasteiger partial charge on any atom is 0.313 e. The number of amides is 1. The number of quaternary nitrogens is 1. The van der Waals surface area contributed by atoms with E-state index in [0.29, 0.717) is 17.3 Å². The summed E-state index contributed by atoms with van der Waals surface area (Å²) in [4.78, 5) is 32.2. The van der Waals surface area contributed by atoms with Gasteiger partial charge in [-0.25, -0.2) is 10.3 Å². The lowest BCUT2D eigenvalue weighted by atomic mass is 10.0. The molecular weight excluding hydrogens is 430 g/mol. The van der Waals surface area contributed by atoms with Gasteiger partial charge in [-0.1, -0.05) is 37.7 Å². The standard InChI is InChI=1S/C20H25N5O4S.C2H6/c1-21-19(28)15-6-4-14(5-7-15)16-8-13(9-17(10-16)25-29-3)11-23-20(24-22-2)30-12-18(26)27;1-2/h4-10,22,25H,11-12H2,1-3H3,(H,21,28)(H,23,24)(H,26,27);1-2H3/p+1. The summed E-state index contributed by atoms with van der Waals surface area (Å²) in [6, 6.07) is 13.3. The van der Waals surface area contributed by atoms with Crippen LogP contribution in [0.2, 0.25) is 0 Å². The number of carboxylic acid groups (broad SMARTS) is 1. The average molecular weight is 463 g/mol. The summed E-state index contributed by atoms with van der Waals surface area (Å²) in [6.07, 6.45) is 0. The van der Waals surface area contributed by atoms with E-state index in [1.54, 1.807) is 38.8 Å². The summed E-state index contributed by atoms with van der Waals surface area (Å²) in [7, 11) is 4.87. The zero-order valence-corrected chi connectivity index (χ0v) is 19.9. The Kier molecular flexibility index (Phi) is 12.7. The van der Waals surface area contributed by atoms with Crippen LogP contribution in [0.15, 0.2) is 47.5 Å². The van der Waals surface area contributed by atoms with Crippen molar-refractivity contribution >= 4 is 34.5 Å². The van der Waals surface area contributed by atoms with E-state index < -0.39 is 5.97 Å². The minimum absolute atomic E-state index is 0.0893. The predicted molar refractivity (Wildman–Crippen MR) is 129 cm³/mol. The molecule has 10 heteroatoms. The lowest BCUT2D eigenvalue weighted by Crippen LogP contribution is -2.75. The van der Waals surface area contributed by atoms with Crippen molar-refractivity contribution in [2.45, 2.75) is 20.4 Å². The second-order valence-corrected chi connectivity index (χ2v) is 7.12. The molecule has 174 valence electrons. The second kappa shape index (κ2) is 15.0. The Hall–Kier alpha value is -2.92. The van der Waals surface area contributed by atoms with Gasteiger partial charge in [0.15, 0.2) is 10.9 Å². The number of nitrogens with two attached hydrogens (primary N) is 1. The Morgan fingerprint density at radius 2 is 1.78 bits per heavy atom. The molecule has 0 bridgehead atoms. The SMILES string of the molecule is CC.CNNC(=NCc1cc([NH2+]OC)cc(-c2ccc(C(=O)NC)cc2)c1)SCC(=O)O. The number of nitrogens with zero attached hydrogens (tertiary/aromatic N) is 1. The molecule has 1 amide bonds. The molecule has 0 aromatic heterocycles. The van der Waals surface area contributed by atoms with Gasteiger partial charge in [0.05, 0.1) is 19.4 Å². The molecule has 0 heterocycles. The first-order valence-corrected chi connectivity index (χ1v) is 11.1. The molecular formula is C22H32N5O4S+. The number of rotatable bonds is 9. The fraction of sp³-hybridized carbons (Fsp3) is 0.318. The van der Waals surface area contributed by atoms with Crippen LogP contribution in [0.4, 0.5) is 5.69 Å². The number of hydrazine groups is 1. The Morgan fingerprint density at radius 1 is 1.09 bits per heavy atom. The highest BCUT2D eigenvalue weighted by Crippen LogP contribution is 2.24. The van der Waals surface area contributed by atoms with Crippen molar-refractivity contribution in [1.29, 1.82) is 0 Å². The Labute approximate surface area is 193 Å². The molecule has 0 aliphatic heterocycles. The summed E-state index contributed by atoms with van der Waals surface area (Å²) >= 11 is 1.10. The van der Waals surface area contributed by atoms with Crippen molar-refractivity contribution < 1.29 is 25.0 Å². The summed E-state index contributed by atoms with van der Waals surface area (Å²) in [6.45, 7) is 4.35. The van der Waals surface area contributed by atoms with E-state index in [1.807, 2.05) is 44.2 Å². The number of nitrogens with one attached hydrogen (secondary N) is 3. The minimum Gasteiger partial charge on any atom is -0.481 e. The summed E-state index contributed by atoms with van der Waals surface area (Å²) in [5.74, 6) is -1.14. The normalized spacial score (nSPS) is 10.7. The summed E-state index contributed by atoms with van der Waals surface area (Å²) in [5, 5.41) is 12.0. The molecule has 0 saturated carbocycles. The fourth-order valence-corrected chi connectivity index (χ4v) is 3.25. The number of aliphatic imine (C=N–C) groups is 1. The van der Waals surface area contributed by atoms with Crippen molar-refractivity contribution in [3.05, 3.63) is 53.6 Å². The molecule has 0 aliphatic carbocycles. The average Bonchev–Trinajstić information content (AvgIpc) is 2.81. The quantitative estimate of drug-likeness (QED) is 0.167. The summed E-state index contributed by atoms with van der Waals surface area (Å²) < 4.78 is 0. The smallest absolute Gasteiger partial charge is 0.313 e. The molecule has 6 N–H and O–H groups in total. The molecule has 0 fully saturated rings. The monoisotopic (exact) mass is 462 g/mol. The Bertz CT molecular complexity index is 904. The highest BCUT2D eigenvalue weighted by molar-refractivity contribution is 8.14. The maximum absolute atomic E-state index is 11.8. The number of carbonyl (C=O) groups excluding carboxylic acids is 1. The van der Waals surface area contributed by atoms with E-state index in [-0.39, 0.29) is 11.7 Å². The molecule has 0 unspecified atom stereocenters. The van der Waals surface area contributed by atoms with Crippen molar-refractivity contribution in [2.24, 2.45) is 4.99 Å². The van der Waals surface area contributed by atoms with Crippen LogP contribution in [0.25, 0.3) is 11.1 Å². The van der Waals surface area contributed by atoms with Gasteiger partial charge in [-0.15, -0.1) is 0 Å². The molecule has 0 aliphatic rings. The number of hydrogen-bond acceptors (Lipinski definition) is 6.